The minimum atomic E-state index is -0.568. The summed E-state index contributed by atoms with van der Waals surface area (Å²) in [6, 6.07) is 9.70. The van der Waals surface area contributed by atoms with Crippen LogP contribution in [-0.2, 0) is 4.79 Å². The third-order valence-electron chi connectivity index (χ3n) is 3.28. The first-order valence-electron chi connectivity index (χ1n) is 7.31. The Balaban J connectivity index is 1.61. The Morgan fingerprint density at radius 2 is 2.12 bits per heavy atom. The number of carbonyl (C=O) groups excluding carboxylic acids is 1. The molecule has 0 saturated heterocycles. The Morgan fingerprint density at radius 3 is 2.85 bits per heavy atom. The molecular formula is C16H12BrN3O6. The van der Waals surface area contributed by atoms with Crippen molar-refractivity contribution in [3.8, 4) is 17.2 Å². The average molecular weight is 422 g/mol. The van der Waals surface area contributed by atoms with Gasteiger partial charge >= 0.3 is 0 Å². The maximum atomic E-state index is 11.8. The van der Waals surface area contributed by atoms with Crippen LogP contribution in [0.1, 0.15) is 5.56 Å². The first-order chi connectivity index (χ1) is 12.5. The molecule has 134 valence electrons. The molecule has 2 aromatic rings. The van der Waals surface area contributed by atoms with Crippen molar-refractivity contribution in [2.75, 3.05) is 13.4 Å². The molecule has 1 heterocycles. The fraction of sp³-hybridized carbons (Fsp3) is 0.125. The lowest BCUT2D eigenvalue weighted by atomic mass is 10.1. The molecule has 0 spiro atoms. The van der Waals surface area contributed by atoms with Gasteiger partial charge in [-0.25, -0.2) is 5.43 Å². The van der Waals surface area contributed by atoms with Crippen molar-refractivity contribution in [3.63, 3.8) is 0 Å². The summed E-state index contributed by atoms with van der Waals surface area (Å²) in [6.45, 7) is -0.256. The lowest BCUT2D eigenvalue weighted by Gasteiger charge is -2.05. The normalized spacial score (nSPS) is 12.2. The van der Waals surface area contributed by atoms with Crippen LogP contribution < -0.4 is 19.6 Å². The third-order valence-corrected chi connectivity index (χ3v) is 3.77. The van der Waals surface area contributed by atoms with Crippen molar-refractivity contribution in [1.29, 1.82) is 0 Å². The number of halogens is 1. The lowest BCUT2D eigenvalue weighted by Crippen LogP contribution is -2.24. The molecule has 0 unspecified atom stereocenters. The number of fused-ring (bicyclic) bond motifs is 1. The zero-order chi connectivity index (χ0) is 18.5. The largest absolute Gasteiger partial charge is 0.484 e. The van der Waals surface area contributed by atoms with Crippen molar-refractivity contribution in [1.82, 2.24) is 5.43 Å². The number of hydrogen-bond acceptors (Lipinski definition) is 7. The summed E-state index contributed by atoms with van der Waals surface area (Å²) in [5, 5.41) is 14.9. The van der Waals surface area contributed by atoms with Gasteiger partial charge in [-0.15, -0.1) is 0 Å². The maximum absolute atomic E-state index is 11.8. The second kappa shape index (κ2) is 7.83. The highest BCUT2D eigenvalue weighted by atomic mass is 79.9. The van der Waals surface area contributed by atoms with Crippen LogP contribution in [-0.4, -0.2) is 30.4 Å². The van der Waals surface area contributed by atoms with E-state index in [0.29, 0.717) is 17.2 Å². The van der Waals surface area contributed by atoms with E-state index in [9.17, 15) is 14.9 Å². The molecule has 0 radical (unpaired) electrons. The molecule has 0 saturated carbocycles. The molecule has 0 fully saturated rings. The van der Waals surface area contributed by atoms with E-state index >= 15 is 0 Å². The van der Waals surface area contributed by atoms with E-state index in [-0.39, 0.29) is 24.7 Å². The molecule has 0 aromatic heterocycles. The third kappa shape index (κ3) is 4.28. The van der Waals surface area contributed by atoms with Gasteiger partial charge in [0.05, 0.1) is 22.8 Å². The molecule has 0 bridgehead atoms. The predicted octanol–water partition coefficient (Wildman–Crippen LogP) is 2.62. The number of benzene rings is 2. The fourth-order valence-electron chi connectivity index (χ4n) is 2.12. The second-order valence-corrected chi connectivity index (χ2v) is 5.98. The van der Waals surface area contributed by atoms with Crippen molar-refractivity contribution < 1.29 is 23.9 Å². The van der Waals surface area contributed by atoms with E-state index in [1.165, 1.54) is 12.1 Å². The monoisotopic (exact) mass is 421 g/mol. The van der Waals surface area contributed by atoms with Crippen molar-refractivity contribution in [2.45, 2.75) is 0 Å². The number of carbonyl (C=O) groups is 1. The van der Waals surface area contributed by atoms with Gasteiger partial charge in [-0.05, 0) is 24.3 Å². The van der Waals surface area contributed by atoms with Gasteiger partial charge in [-0.2, -0.15) is 5.10 Å². The Morgan fingerprint density at radius 1 is 1.35 bits per heavy atom. The molecule has 10 heteroatoms. The van der Waals surface area contributed by atoms with Crippen LogP contribution in [0.25, 0.3) is 0 Å². The average Bonchev–Trinajstić information content (AvgIpc) is 3.06. The highest BCUT2D eigenvalue weighted by Crippen LogP contribution is 2.37. The first-order valence-corrected chi connectivity index (χ1v) is 8.10. The van der Waals surface area contributed by atoms with E-state index in [1.54, 1.807) is 18.2 Å². The molecule has 0 atom stereocenters. The maximum Gasteiger partial charge on any atom is 0.282 e. The van der Waals surface area contributed by atoms with Gasteiger partial charge in [-0.1, -0.05) is 22.0 Å². The Labute approximate surface area is 155 Å². The van der Waals surface area contributed by atoms with Gasteiger partial charge in [0.2, 0.25) is 6.79 Å². The molecule has 9 nitrogen and oxygen atoms in total. The fourth-order valence-corrected chi connectivity index (χ4v) is 2.50. The zero-order valence-corrected chi connectivity index (χ0v) is 14.8. The molecule has 1 N–H and O–H groups in total. The van der Waals surface area contributed by atoms with Crippen molar-refractivity contribution in [2.24, 2.45) is 5.10 Å². The number of ether oxygens (including phenoxy) is 3. The van der Waals surface area contributed by atoms with Crippen LogP contribution in [0.5, 0.6) is 17.2 Å². The van der Waals surface area contributed by atoms with E-state index < -0.39 is 10.8 Å². The van der Waals surface area contributed by atoms with Crippen LogP contribution in [0.2, 0.25) is 0 Å². The quantitative estimate of drug-likeness (QED) is 0.435. The Hall–Kier alpha value is -3.14. The van der Waals surface area contributed by atoms with E-state index in [2.05, 4.69) is 26.5 Å². The highest BCUT2D eigenvalue weighted by molar-refractivity contribution is 9.10. The van der Waals surface area contributed by atoms with E-state index in [0.717, 1.165) is 10.7 Å². The number of rotatable bonds is 6. The van der Waals surface area contributed by atoms with Gasteiger partial charge in [0.15, 0.2) is 18.1 Å². The predicted molar refractivity (Wildman–Crippen MR) is 94.6 cm³/mol. The second-order valence-electron chi connectivity index (χ2n) is 5.06. The Bertz CT molecular complexity index is 886. The SMILES string of the molecule is O=C(COc1cccc(Br)c1)NN=Cc1cc2c(cc1[N+](=O)[O-])OCO2. The molecule has 1 amide bonds. The molecule has 26 heavy (non-hydrogen) atoms. The summed E-state index contributed by atoms with van der Waals surface area (Å²) in [6.07, 6.45) is 1.16. The molecule has 1 aliphatic heterocycles. The summed E-state index contributed by atoms with van der Waals surface area (Å²) in [7, 11) is 0. The first kappa shape index (κ1) is 17.7. The Kier molecular flexibility index (Phi) is 5.32. The number of nitrogens with one attached hydrogen (secondary N) is 1. The topological polar surface area (TPSA) is 112 Å². The molecule has 3 rings (SSSR count). The van der Waals surface area contributed by atoms with Gasteiger partial charge in [-0.3, -0.25) is 14.9 Å². The standard InChI is InChI=1S/C16H12BrN3O6/c17-11-2-1-3-12(5-11)24-8-16(21)19-18-7-10-4-14-15(26-9-25-14)6-13(10)20(22)23/h1-7H,8-9H2,(H,19,21). The van der Waals surface area contributed by atoms with E-state index in [4.69, 9.17) is 14.2 Å². The van der Waals surface area contributed by atoms with Crippen LogP contribution in [0.15, 0.2) is 46.0 Å². The number of nitro groups is 1. The summed E-state index contributed by atoms with van der Waals surface area (Å²) >= 11 is 3.30. The molecule has 2 aromatic carbocycles. The van der Waals surface area contributed by atoms with Crippen molar-refractivity contribution in [3.05, 3.63) is 56.5 Å². The minimum absolute atomic E-state index is 0.00322. The minimum Gasteiger partial charge on any atom is -0.484 e. The van der Waals surface area contributed by atoms with Crippen LogP contribution in [0.4, 0.5) is 5.69 Å². The highest BCUT2D eigenvalue weighted by Gasteiger charge is 2.22. The summed E-state index contributed by atoms with van der Waals surface area (Å²) in [4.78, 5) is 22.3. The summed E-state index contributed by atoms with van der Waals surface area (Å²) in [5.41, 5.74) is 2.21. The van der Waals surface area contributed by atoms with Gasteiger partial charge in [0.1, 0.15) is 5.75 Å². The van der Waals surface area contributed by atoms with Crippen LogP contribution in [0.3, 0.4) is 0 Å². The van der Waals surface area contributed by atoms with Crippen LogP contribution in [0, 0.1) is 10.1 Å². The smallest absolute Gasteiger partial charge is 0.282 e. The van der Waals surface area contributed by atoms with Gasteiger partial charge in [0, 0.05) is 4.47 Å². The van der Waals surface area contributed by atoms with Crippen LogP contribution >= 0.6 is 15.9 Å². The number of hydrazone groups is 1. The molecule has 1 aliphatic rings. The van der Waals surface area contributed by atoms with E-state index in [1.807, 2.05) is 6.07 Å². The number of nitro benzene ring substituents is 1. The summed E-state index contributed by atoms with van der Waals surface area (Å²) in [5.74, 6) is 0.677. The zero-order valence-electron chi connectivity index (χ0n) is 13.2. The number of hydrogen-bond donors (Lipinski definition) is 1. The number of nitrogens with zero attached hydrogens (tertiary/aromatic N) is 2. The number of amides is 1. The van der Waals surface area contributed by atoms with Gasteiger partial charge < -0.3 is 14.2 Å². The molecular weight excluding hydrogens is 410 g/mol. The lowest BCUT2D eigenvalue weighted by molar-refractivity contribution is -0.385. The molecule has 0 aliphatic carbocycles. The van der Waals surface area contributed by atoms with Crippen molar-refractivity contribution >= 4 is 33.7 Å². The van der Waals surface area contributed by atoms with Gasteiger partial charge in [0.25, 0.3) is 11.6 Å². The summed E-state index contributed by atoms with van der Waals surface area (Å²) < 4.78 is 16.4.